The first kappa shape index (κ1) is 16.0. The molecule has 2 aromatic carbocycles. The number of halogens is 1. The van der Waals surface area contributed by atoms with E-state index in [1.54, 1.807) is 36.4 Å². The Bertz CT molecular complexity index is 663. The highest BCUT2D eigenvalue weighted by molar-refractivity contribution is 6.30. The average Bonchev–Trinajstić information content (AvgIpc) is 2.48. The second-order valence-corrected chi connectivity index (χ2v) is 5.55. The standard InChI is InChI=1S/C17H15ClO4/c1-17(2,22-14-6-4-3-5-7-14)16(20)21-15(19)12-8-10-13(18)11-9-12/h3-11H,1-2H3. The minimum atomic E-state index is -1.29. The number of benzene rings is 2. The summed E-state index contributed by atoms with van der Waals surface area (Å²) >= 11 is 5.75. The smallest absolute Gasteiger partial charge is 0.357 e. The molecule has 0 saturated carbocycles. The molecule has 0 bridgehead atoms. The van der Waals surface area contributed by atoms with Crippen molar-refractivity contribution in [1.82, 2.24) is 0 Å². The topological polar surface area (TPSA) is 52.6 Å². The Labute approximate surface area is 133 Å². The molecule has 4 nitrogen and oxygen atoms in total. The molecule has 5 heteroatoms. The number of carbonyl (C=O) groups is 2. The molecule has 0 amide bonds. The number of hydrogen-bond acceptors (Lipinski definition) is 4. The van der Waals surface area contributed by atoms with Crippen molar-refractivity contribution < 1.29 is 19.1 Å². The molecule has 0 radical (unpaired) electrons. The number of hydrogen-bond donors (Lipinski definition) is 0. The van der Waals surface area contributed by atoms with E-state index in [1.165, 1.54) is 26.0 Å². The van der Waals surface area contributed by atoms with Gasteiger partial charge in [-0.25, -0.2) is 9.59 Å². The first-order valence-corrected chi connectivity index (χ1v) is 7.02. The molecule has 0 N–H and O–H groups in total. The molecule has 0 aliphatic carbocycles. The van der Waals surface area contributed by atoms with Crippen molar-refractivity contribution in [2.45, 2.75) is 19.4 Å². The molecule has 22 heavy (non-hydrogen) atoms. The fraction of sp³-hybridized carbons (Fsp3) is 0.176. The second-order valence-electron chi connectivity index (χ2n) is 5.11. The third kappa shape index (κ3) is 4.09. The molecule has 0 spiro atoms. The van der Waals surface area contributed by atoms with Crippen LogP contribution in [0.3, 0.4) is 0 Å². The molecule has 0 atom stereocenters. The lowest BCUT2D eigenvalue weighted by Gasteiger charge is -2.23. The number of para-hydroxylation sites is 1. The lowest BCUT2D eigenvalue weighted by atomic mass is 10.1. The Morgan fingerprint density at radius 3 is 2.14 bits per heavy atom. The highest BCUT2D eigenvalue weighted by Gasteiger charge is 2.34. The molecule has 0 aliphatic rings. The van der Waals surface area contributed by atoms with E-state index in [-0.39, 0.29) is 5.56 Å². The monoisotopic (exact) mass is 318 g/mol. The van der Waals surface area contributed by atoms with Gasteiger partial charge in [-0.1, -0.05) is 29.8 Å². The van der Waals surface area contributed by atoms with E-state index in [1.807, 2.05) is 6.07 Å². The Balaban J connectivity index is 2.04. The molecular weight excluding hydrogens is 304 g/mol. The third-order valence-electron chi connectivity index (χ3n) is 2.87. The van der Waals surface area contributed by atoms with Gasteiger partial charge in [-0.3, -0.25) is 0 Å². The van der Waals surface area contributed by atoms with E-state index in [0.29, 0.717) is 10.8 Å². The predicted octanol–water partition coefficient (Wildman–Crippen LogP) is 3.88. The Kier molecular flexibility index (Phi) is 4.83. The van der Waals surface area contributed by atoms with Crippen molar-refractivity contribution >= 4 is 23.5 Å². The molecule has 0 heterocycles. The van der Waals surface area contributed by atoms with Crippen LogP contribution >= 0.6 is 11.6 Å². The van der Waals surface area contributed by atoms with Crippen molar-refractivity contribution in [3.05, 3.63) is 65.2 Å². The van der Waals surface area contributed by atoms with Crippen LogP contribution in [0.2, 0.25) is 5.02 Å². The SMILES string of the molecule is CC(C)(Oc1ccccc1)C(=O)OC(=O)c1ccc(Cl)cc1. The largest absolute Gasteiger partial charge is 0.476 e. The van der Waals surface area contributed by atoms with Gasteiger partial charge in [-0.05, 0) is 50.2 Å². The summed E-state index contributed by atoms with van der Waals surface area (Å²) in [5.74, 6) is -0.994. The number of ether oxygens (including phenoxy) is 2. The summed E-state index contributed by atoms with van der Waals surface area (Å²) in [5.41, 5.74) is -1.04. The van der Waals surface area contributed by atoms with Gasteiger partial charge in [0.2, 0.25) is 5.60 Å². The van der Waals surface area contributed by atoms with Gasteiger partial charge in [-0.15, -0.1) is 0 Å². The molecule has 0 unspecified atom stereocenters. The molecule has 0 aliphatic heterocycles. The van der Waals surface area contributed by atoms with Crippen molar-refractivity contribution in [3.63, 3.8) is 0 Å². The summed E-state index contributed by atoms with van der Waals surface area (Å²) in [6.45, 7) is 3.08. The van der Waals surface area contributed by atoms with Gasteiger partial charge in [0, 0.05) is 5.02 Å². The van der Waals surface area contributed by atoms with Crippen molar-refractivity contribution in [2.24, 2.45) is 0 Å². The molecule has 0 saturated heterocycles. The van der Waals surface area contributed by atoms with Gasteiger partial charge in [0.05, 0.1) is 5.56 Å². The van der Waals surface area contributed by atoms with Crippen molar-refractivity contribution in [2.75, 3.05) is 0 Å². The zero-order chi connectivity index (χ0) is 16.2. The number of carbonyl (C=O) groups excluding carboxylic acids is 2. The zero-order valence-electron chi connectivity index (χ0n) is 12.2. The van der Waals surface area contributed by atoms with Gasteiger partial charge in [0.15, 0.2) is 0 Å². The van der Waals surface area contributed by atoms with Crippen LogP contribution in [-0.2, 0) is 9.53 Å². The fourth-order valence-corrected chi connectivity index (χ4v) is 1.80. The van der Waals surface area contributed by atoms with Crippen LogP contribution in [-0.4, -0.2) is 17.5 Å². The van der Waals surface area contributed by atoms with Crippen LogP contribution in [0.4, 0.5) is 0 Å². The first-order chi connectivity index (χ1) is 10.4. The van der Waals surface area contributed by atoms with Crippen molar-refractivity contribution in [3.8, 4) is 5.75 Å². The third-order valence-corrected chi connectivity index (χ3v) is 3.13. The van der Waals surface area contributed by atoms with E-state index in [0.717, 1.165) is 0 Å². The molecule has 2 aromatic rings. The van der Waals surface area contributed by atoms with Gasteiger partial charge >= 0.3 is 11.9 Å². The first-order valence-electron chi connectivity index (χ1n) is 6.65. The summed E-state index contributed by atoms with van der Waals surface area (Å²) in [4.78, 5) is 24.0. The van der Waals surface area contributed by atoms with E-state index >= 15 is 0 Å². The molecule has 2 rings (SSSR count). The average molecular weight is 319 g/mol. The summed E-state index contributed by atoms with van der Waals surface area (Å²) in [6.07, 6.45) is 0. The highest BCUT2D eigenvalue weighted by Crippen LogP contribution is 2.20. The van der Waals surface area contributed by atoms with Crippen LogP contribution < -0.4 is 4.74 Å². The highest BCUT2D eigenvalue weighted by atomic mass is 35.5. The van der Waals surface area contributed by atoms with E-state index in [4.69, 9.17) is 21.1 Å². The van der Waals surface area contributed by atoms with Crippen LogP contribution in [0.15, 0.2) is 54.6 Å². The summed E-state index contributed by atoms with van der Waals surface area (Å²) < 4.78 is 10.4. The fourth-order valence-electron chi connectivity index (χ4n) is 1.68. The minimum Gasteiger partial charge on any atom is -0.476 e. The maximum absolute atomic E-state index is 12.1. The minimum absolute atomic E-state index is 0.244. The molecular formula is C17H15ClO4. The van der Waals surface area contributed by atoms with Crippen LogP contribution in [0, 0.1) is 0 Å². The summed E-state index contributed by atoms with van der Waals surface area (Å²) in [7, 11) is 0. The maximum atomic E-state index is 12.1. The maximum Gasteiger partial charge on any atom is 0.357 e. The zero-order valence-corrected chi connectivity index (χ0v) is 13.0. The lowest BCUT2D eigenvalue weighted by Crippen LogP contribution is -2.40. The molecule has 114 valence electrons. The summed E-state index contributed by atoms with van der Waals surface area (Å²) in [5, 5.41) is 0.496. The molecule has 0 fully saturated rings. The lowest BCUT2D eigenvalue weighted by molar-refractivity contribution is -0.153. The van der Waals surface area contributed by atoms with Crippen LogP contribution in [0.1, 0.15) is 24.2 Å². The number of esters is 2. The summed E-state index contributed by atoms with van der Waals surface area (Å²) in [6, 6.07) is 14.9. The van der Waals surface area contributed by atoms with E-state index in [2.05, 4.69) is 0 Å². The van der Waals surface area contributed by atoms with Gasteiger partial charge in [0.25, 0.3) is 0 Å². The van der Waals surface area contributed by atoms with Gasteiger partial charge < -0.3 is 9.47 Å². The van der Waals surface area contributed by atoms with E-state index < -0.39 is 17.5 Å². The van der Waals surface area contributed by atoms with Gasteiger partial charge in [-0.2, -0.15) is 0 Å². The van der Waals surface area contributed by atoms with E-state index in [9.17, 15) is 9.59 Å². The normalized spacial score (nSPS) is 10.9. The van der Waals surface area contributed by atoms with Crippen LogP contribution in [0.25, 0.3) is 0 Å². The number of rotatable bonds is 4. The molecule has 0 aromatic heterocycles. The second kappa shape index (κ2) is 6.62. The quantitative estimate of drug-likeness (QED) is 0.634. The Hall–Kier alpha value is -2.33. The van der Waals surface area contributed by atoms with Gasteiger partial charge in [0.1, 0.15) is 5.75 Å². The van der Waals surface area contributed by atoms with Crippen molar-refractivity contribution in [1.29, 1.82) is 0 Å². The van der Waals surface area contributed by atoms with Crippen LogP contribution in [0.5, 0.6) is 5.75 Å². The predicted molar refractivity (Wildman–Crippen MR) is 83.0 cm³/mol. The Morgan fingerprint density at radius 2 is 1.55 bits per heavy atom. The Morgan fingerprint density at radius 1 is 0.955 bits per heavy atom.